The molecule has 4 saturated carbocycles. The Labute approximate surface area is 170 Å². The highest BCUT2D eigenvalue weighted by molar-refractivity contribution is 5.79. The Hall–Kier alpha value is -1.09. The molecular formula is C22H29NO6. The van der Waals surface area contributed by atoms with Crippen LogP contribution in [0.25, 0.3) is 0 Å². The van der Waals surface area contributed by atoms with Gasteiger partial charge in [0, 0.05) is 55.4 Å². The van der Waals surface area contributed by atoms with Gasteiger partial charge in [-0.15, -0.1) is 0 Å². The minimum Gasteiger partial charge on any atom is -0.390 e. The number of nitrogens with zero attached hydrogens (tertiary/aromatic N) is 1. The molecule has 5 fully saturated rings. The van der Waals surface area contributed by atoms with E-state index in [4.69, 9.17) is 9.47 Å². The molecule has 0 aromatic heterocycles. The number of aldehydes is 1. The Kier molecular flexibility index (Phi) is 3.35. The van der Waals surface area contributed by atoms with Gasteiger partial charge in [-0.3, -0.25) is 9.69 Å². The molecule has 12 atom stereocenters. The van der Waals surface area contributed by atoms with Crippen LogP contribution in [0.3, 0.4) is 0 Å². The highest BCUT2D eigenvalue weighted by atomic mass is 16.5. The fourth-order valence-corrected chi connectivity index (χ4v) is 9.20. The molecule has 3 N–H and O–H groups in total. The van der Waals surface area contributed by atoms with E-state index in [2.05, 4.69) is 17.6 Å². The van der Waals surface area contributed by atoms with Crippen molar-refractivity contribution in [3.63, 3.8) is 0 Å². The molecule has 7 rings (SSSR count). The van der Waals surface area contributed by atoms with Gasteiger partial charge in [0.05, 0.1) is 30.0 Å². The zero-order valence-electron chi connectivity index (χ0n) is 17.0. The van der Waals surface area contributed by atoms with Crippen molar-refractivity contribution in [3.8, 4) is 0 Å². The fourth-order valence-electron chi connectivity index (χ4n) is 9.20. The van der Waals surface area contributed by atoms with Crippen molar-refractivity contribution in [1.82, 2.24) is 4.90 Å². The van der Waals surface area contributed by atoms with Crippen LogP contribution in [0.1, 0.15) is 12.8 Å². The molecule has 1 spiro atoms. The summed E-state index contributed by atoms with van der Waals surface area (Å²) < 4.78 is 11.6. The average molecular weight is 403 g/mol. The lowest BCUT2D eigenvalue weighted by molar-refractivity contribution is -0.257. The van der Waals surface area contributed by atoms with Crippen molar-refractivity contribution in [3.05, 3.63) is 23.8 Å². The molecule has 7 heteroatoms. The summed E-state index contributed by atoms with van der Waals surface area (Å²) in [6.07, 6.45) is 1.57. The van der Waals surface area contributed by atoms with Gasteiger partial charge in [0.1, 0.15) is 11.9 Å². The summed E-state index contributed by atoms with van der Waals surface area (Å²) >= 11 is 0. The van der Waals surface area contributed by atoms with Crippen molar-refractivity contribution < 1.29 is 29.6 Å². The molecule has 7 bridgehead atoms. The molecule has 7 aliphatic rings. The summed E-state index contributed by atoms with van der Waals surface area (Å²) in [6, 6.07) is -0.231. The molecule has 29 heavy (non-hydrogen) atoms. The van der Waals surface area contributed by atoms with E-state index in [-0.39, 0.29) is 42.4 Å². The van der Waals surface area contributed by atoms with Gasteiger partial charge in [0.15, 0.2) is 0 Å². The molecule has 5 aliphatic carbocycles. The van der Waals surface area contributed by atoms with Crippen molar-refractivity contribution in [2.24, 2.45) is 29.1 Å². The Morgan fingerprint density at radius 1 is 1.21 bits per heavy atom. The number of aliphatic hydroxyl groups excluding tert-OH is 1. The molecule has 0 aromatic rings. The van der Waals surface area contributed by atoms with Crippen LogP contribution in [-0.2, 0) is 14.3 Å². The minimum absolute atomic E-state index is 0.0481. The lowest BCUT2D eigenvalue weighted by atomic mass is 9.48. The number of hydrogen-bond donors (Lipinski definition) is 3. The van der Waals surface area contributed by atoms with Crippen molar-refractivity contribution >= 4 is 6.29 Å². The number of rotatable bonds is 3. The SMILES string of the molecule is C=C1C2C(C=O)=C[C@]34[C@@H]5C[C@]6(O)[C@@H](OC)C[C@@](O)([C@H]5[C@H]6O)[C@@H]([C@H](OC)[C@H]13)[C@H]4N2C. The van der Waals surface area contributed by atoms with Crippen LogP contribution in [0.15, 0.2) is 23.8 Å². The van der Waals surface area contributed by atoms with Gasteiger partial charge in [-0.05, 0) is 25.0 Å². The van der Waals surface area contributed by atoms with E-state index in [1.165, 1.54) is 7.11 Å². The number of aliphatic hydroxyl groups is 3. The first-order valence-corrected chi connectivity index (χ1v) is 10.5. The highest BCUT2D eigenvalue weighted by Crippen LogP contribution is 2.77. The van der Waals surface area contributed by atoms with Gasteiger partial charge in [0.25, 0.3) is 0 Å². The van der Waals surface area contributed by atoms with E-state index in [0.29, 0.717) is 12.0 Å². The van der Waals surface area contributed by atoms with E-state index in [1.807, 2.05) is 7.05 Å². The molecular weight excluding hydrogens is 374 g/mol. The normalized spacial score (nSPS) is 61.8. The summed E-state index contributed by atoms with van der Waals surface area (Å²) in [5, 5.41) is 34.9. The summed E-state index contributed by atoms with van der Waals surface area (Å²) in [6.45, 7) is 4.39. The third-order valence-corrected chi connectivity index (χ3v) is 9.79. The van der Waals surface area contributed by atoms with Gasteiger partial charge >= 0.3 is 0 Å². The predicted molar refractivity (Wildman–Crippen MR) is 102 cm³/mol. The zero-order valence-corrected chi connectivity index (χ0v) is 17.0. The Bertz CT molecular complexity index is 858. The number of piperidine rings is 1. The van der Waals surface area contributed by atoms with Gasteiger partial charge in [-0.2, -0.15) is 0 Å². The lowest BCUT2D eigenvalue weighted by Gasteiger charge is -2.65. The first-order valence-electron chi connectivity index (χ1n) is 10.5. The van der Waals surface area contributed by atoms with E-state index in [0.717, 1.165) is 11.9 Å². The molecule has 1 saturated heterocycles. The number of carbonyl (C=O) groups is 1. The number of hydrogen-bond acceptors (Lipinski definition) is 7. The number of ether oxygens (including phenoxy) is 2. The van der Waals surface area contributed by atoms with Crippen LogP contribution in [0, 0.1) is 29.1 Å². The van der Waals surface area contributed by atoms with Gasteiger partial charge in [0.2, 0.25) is 0 Å². The zero-order chi connectivity index (χ0) is 20.7. The highest BCUT2D eigenvalue weighted by Gasteiger charge is 2.85. The van der Waals surface area contributed by atoms with Crippen molar-refractivity contribution in [2.75, 3.05) is 21.3 Å². The molecule has 7 nitrogen and oxygen atoms in total. The van der Waals surface area contributed by atoms with E-state index in [9.17, 15) is 20.1 Å². The smallest absolute Gasteiger partial charge is 0.147 e. The van der Waals surface area contributed by atoms with Crippen LogP contribution >= 0.6 is 0 Å². The van der Waals surface area contributed by atoms with Crippen LogP contribution in [0.5, 0.6) is 0 Å². The summed E-state index contributed by atoms with van der Waals surface area (Å²) in [4.78, 5) is 14.2. The second kappa shape index (κ2) is 5.21. The van der Waals surface area contributed by atoms with E-state index >= 15 is 0 Å². The maximum atomic E-state index is 12.2. The molecule has 2 heterocycles. The van der Waals surface area contributed by atoms with Gasteiger partial charge < -0.3 is 24.8 Å². The molecule has 0 radical (unpaired) electrons. The second-order valence-electron chi connectivity index (χ2n) is 10.2. The van der Waals surface area contributed by atoms with E-state index < -0.39 is 34.7 Å². The number of carbonyl (C=O) groups excluding carboxylic acids is 1. The van der Waals surface area contributed by atoms with Crippen LogP contribution in [0.4, 0.5) is 0 Å². The van der Waals surface area contributed by atoms with Gasteiger partial charge in [-0.25, -0.2) is 0 Å². The standard InChI is InChI=1S/C22H29NO6/c1-9-13-17(29-4)15-18-20(13,5-10(8-24)16(9)23(18)2)11-6-21(26)12(28-3)7-22(15,27)14(11)19(21)25/h5,8,11-19,25-27H,1,6-7H2,2-4H3/t11-,12+,13+,14-,15+,16?,17-,18-,19-,20+,21+,22-/m1/s1. The monoisotopic (exact) mass is 403 g/mol. The predicted octanol–water partition coefficient (Wildman–Crippen LogP) is -0.497. The molecule has 158 valence electrons. The van der Waals surface area contributed by atoms with Gasteiger partial charge in [-0.1, -0.05) is 12.7 Å². The van der Waals surface area contributed by atoms with Crippen molar-refractivity contribution in [1.29, 1.82) is 0 Å². The largest absolute Gasteiger partial charge is 0.390 e. The number of methoxy groups -OCH3 is 2. The maximum Gasteiger partial charge on any atom is 0.147 e. The molecule has 1 unspecified atom stereocenters. The minimum atomic E-state index is -1.40. The summed E-state index contributed by atoms with van der Waals surface area (Å²) in [5.41, 5.74) is -1.50. The number of fused-ring (bicyclic) bond motifs is 2. The van der Waals surface area contributed by atoms with E-state index in [1.54, 1.807) is 7.11 Å². The Balaban J connectivity index is 1.67. The Morgan fingerprint density at radius 3 is 2.55 bits per heavy atom. The third kappa shape index (κ3) is 1.61. The van der Waals surface area contributed by atoms with Crippen molar-refractivity contribution in [2.45, 2.75) is 54.4 Å². The first kappa shape index (κ1) is 18.7. The molecule has 2 aliphatic heterocycles. The second-order valence-corrected chi connectivity index (χ2v) is 10.2. The summed E-state index contributed by atoms with van der Waals surface area (Å²) in [5.74, 6) is -1.02. The Morgan fingerprint density at radius 2 is 1.93 bits per heavy atom. The molecule has 0 aromatic carbocycles. The third-order valence-electron chi connectivity index (χ3n) is 9.79. The first-order chi connectivity index (χ1) is 13.7. The topological polar surface area (TPSA) is 99.5 Å². The quantitative estimate of drug-likeness (QED) is 0.432. The lowest BCUT2D eigenvalue weighted by Crippen LogP contribution is -2.73. The number of likely N-dealkylation sites (N-methyl/N-ethyl adjacent to an activating group) is 1. The fraction of sp³-hybridized carbons (Fsp3) is 0.773. The summed E-state index contributed by atoms with van der Waals surface area (Å²) in [7, 11) is 5.19. The maximum absolute atomic E-state index is 12.2. The average Bonchev–Trinajstić information content (AvgIpc) is 3.07. The molecule has 0 amide bonds. The van der Waals surface area contributed by atoms with Crippen LogP contribution < -0.4 is 0 Å². The van der Waals surface area contributed by atoms with Crippen LogP contribution in [0.2, 0.25) is 0 Å². The van der Waals surface area contributed by atoms with Crippen LogP contribution in [-0.4, -0.2) is 89.4 Å².